The largest absolute Gasteiger partial charge is 0.504 e. The summed E-state index contributed by atoms with van der Waals surface area (Å²) in [7, 11) is 1.50. The Kier molecular flexibility index (Phi) is 3.42. The third-order valence-corrected chi connectivity index (χ3v) is 4.94. The van der Waals surface area contributed by atoms with Crippen LogP contribution < -0.4 is 4.74 Å². The first-order valence-corrected chi connectivity index (χ1v) is 8.26. The number of benzene rings is 1. The zero-order valence-electron chi connectivity index (χ0n) is 14.4. The zero-order chi connectivity index (χ0) is 17.8. The Morgan fingerprint density at radius 3 is 2.84 bits per heavy atom. The summed E-state index contributed by atoms with van der Waals surface area (Å²) < 4.78 is 6.79. The molecule has 7 nitrogen and oxygen atoms in total. The van der Waals surface area contributed by atoms with Gasteiger partial charge in [-0.05, 0) is 29.5 Å². The Balaban J connectivity index is 1.85. The Labute approximate surface area is 145 Å². The van der Waals surface area contributed by atoms with Gasteiger partial charge in [-0.15, -0.1) is 0 Å². The van der Waals surface area contributed by atoms with Crippen molar-refractivity contribution in [2.24, 2.45) is 16.3 Å². The lowest BCUT2D eigenvalue weighted by molar-refractivity contribution is -0.124. The first-order valence-electron chi connectivity index (χ1n) is 8.26. The van der Waals surface area contributed by atoms with Crippen LogP contribution in [0.2, 0.25) is 0 Å². The van der Waals surface area contributed by atoms with E-state index < -0.39 is 0 Å². The molecule has 0 bridgehead atoms. The number of methoxy groups -OCH3 is 1. The van der Waals surface area contributed by atoms with Crippen LogP contribution in [0.25, 0.3) is 0 Å². The van der Waals surface area contributed by atoms with Crippen molar-refractivity contribution in [2.75, 3.05) is 7.11 Å². The van der Waals surface area contributed by atoms with Crippen LogP contribution in [0.5, 0.6) is 11.5 Å². The minimum absolute atomic E-state index is 0.0364. The summed E-state index contributed by atoms with van der Waals surface area (Å²) in [5.74, 6) is 0.696. The molecule has 1 aromatic carbocycles. The molecule has 130 valence electrons. The number of aromatic hydroxyl groups is 1. The van der Waals surface area contributed by atoms with Crippen LogP contribution in [-0.2, 0) is 4.79 Å². The van der Waals surface area contributed by atoms with Crippen molar-refractivity contribution in [3.05, 3.63) is 30.1 Å². The number of nitrogens with zero attached hydrogens (tertiary/aromatic N) is 4. The molecule has 2 heterocycles. The molecule has 25 heavy (non-hydrogen) atoms. The number of phenols is 1. The van der Waals surface area contributed by atoms with E-state index in [0.29, 0.717) is 18.1 Å². The molecule has 1 aliphatic heterocycles. The summed E-state index contributed by atoms with van der Waals surface area (Å²) in [4.78, 5) is 21.8. The van der Waals surface area contributed by atoms with Gasteiger partial charge in [0.2, 0.25) is 5.95 Å². The maximum atomic E-state index is 12.9. The fourth-order valence-electron chi connectivity index (χ4n) is 3.91. The second kappa shape index (κ2) is 5.40. The number of hydrogen-bond acceptors (Lipinski definition) is 6. The SMILES string of the molecule is COc1ccc(C2C3C(=O)CC(C)(C)CC3=Nc3ncnn32)cc1O. The second-order valence-corrected chi connectivity index (χ2v) is 7.45. The van der Waals surface area contributed by atoms with Crippen LogP contribution in [0.1, 0.15) is 38.3 Å². The van der Waals surface area contributed by atoms with E-state index in [4.69, 9.17) is 4.74 Å². The van der Waals surface area contributed by atoms with E-state index in [1.54, 1.807) is 16.8 Å². The number of ether oxygens (including phenoxy) is 1. The van der Waals surface area contributed by atoms with E-state index >= 15 is 0 Å². The molecule has 0 radical (unpaired) electrons. The number of carbonyl (C=O) groups is 1. The number of phenolic OH excluding ortho intramolecular Hbond substituents is 1. The highest BCUT2D eigenvalue weighted by molar-refractivity contribution is 6.09. The van der Waals surface area contributed by atoms with Crippen molar-refractivity contribution in [3.8, 4) is 11.5 Å². The monoisotopic (exact) mass is 340 g/mol. The number of ketones is 1. The molecule has 1 fully saturated rings. The summed E-state index contributed by atoms with van der Waals surface area (Å²) in [5.41, 5.74) is 1.53. The molecule has 2 unspecified atom stereocenters. The van der Waals surface area contributed by atoms with Gasteiger partial charge in [-0.25, -0.2) is 9.67 Å². The normalized spacial score (nSPS) is 24.3. The van der Waals surface area contributed by atoms with Crippen molar-refractivity contribution in [1.29, 1.82) is 0 Å². The number of carbonyl (C=O) groups excluding carboxylic acids is 1. The van der Waals surface area contributed by atoms with E-state index in [1.807, 2.05) is 6.07 Å². The van der Waals surface area contributed by atoms with Gasteiger partial charge in [-0.3, -0.25) is 4.79 Å². The van der Waals surface area contributed by atoms with Crippen molar-refractivity contribution < 1.29 is 14.6 Å². The Morgan fingerprint density at radius 2 is 2.12 bits per heavy atom. The number of fused-ring (bicyclic) bond motifs is 2. The van der Waals surface area contributed by atoms with E-state index in [9.17, 15) is 9.90 Å². The van der Waals surface area contributed by atoms with Crippen LogP contribution in [0, 0.1) is 11.3 Å². The van der Waals surface area contributed by atoms with Gasteiger partial charge in [0.25, 0.3) is 0 Å². The summed E-state index contributed by atoms with van der Waals surface area (Å²) in [6, 6.07) is 4.82. The summed E-state index contributed by atoms with van der Waals surface area (Å²) in [5, 5.41) is 14.5. The highest BCUT2D eigenvalue weighted by Crippen LogP contribution is 2.45. The Hall–Kier alpha value is -2.70. The number of aliphatic imine (C=N–C) groups is 1. The Bertz CT molecular complexity index is 884. The number of aromatic nitrogens is 3. The van der Waals surface area contributed by atoms with E-state index in [0.717, 1.165) is 17.7 Å². The van der Waals surface area contributed by atoms with Gasteiger partial charge in [-0.1, -0.05) is 19.9 Å². The molecule has 0 amide bonds. The molecular weight excluding hydrogens is 320 g/mol. The average molecular weight is 340 g/mol. The van der Waals surface area contributed by atoms with Gasteiger partial charge >= 0.3 is 0 Å². The van der Waals surface area contributed by atoms with Gasteiger partial charge in [0.1, 0.15) is 12.1 Å². The zero-order valence-corrected chi connectivity index (χ0v) is 14.4. The molecule has 7 heteroatoms. The van der Waals surface area contributed by atoms with E-state index in [1.165, 1.54) is 13.4 Å². The number of Topliss-reactive ketones (excluding diaryl/α,β-unsaturated/α-hetero) is 1. The fraction of sp³-hybridized carbons (Fsp3) is 0.444. The van der Waals surface area contributed by atoms with Crippen molar-refractivity contribution in [2.45, 2.75) is 32.7 Å². The number of hydrogen-bond donors (Lipinski definition) is 1. The minimum Gasteiger partial charge on any atom is -0.504 e. The van der Waals surface area contributed by atoms with E-state index in [-0.39, 0.29) is 28.9 Å². The first kappa shape index (κ1) is 15.8. The van der Waals surface area contributed by atoms with Gasteiger partial charge in [0.05, 0.1) is 19.1 Å². The lowest BCUT2D eigenvalue weighted by Gasteiger charge is -2.40. The second-order valence-electron chi connectivity index (χ2n) is 7.45. The van der Waals surface area contributed by atoms with Crippen molar-refractivity contribution >= 4 is 17.4 Å². The maximum absolute atomic E-state index is 12.9. The van der Waals surface area contributed by atoms with Crippen LogP contribution in [0.4, 0.5) is 5.95 Å². The predicted molar refractivity (Wildman–Crippen MR) is 91.4 cm³/mol. The van der Waals surface area contributed by atoms with Crippen LogP contribution >= 0.6 is 0 Å². The molecule has 0 saturated heterocycles. The van der Waals surface area contributed by atoms with Crippen LogP contribution in [0.15, 0.2) is 29.5 Å². The third kappa shape index (κ3) is 2.50. The summed E-state index contributed by atoms with van der Waals surface area (Å²) in [6.07, 6.45) is 2.69. The van der Waals surface area contributed by atoms with Gasteiger partial charge in [0, 0.05) is 12.1 Å². The van der Waals surface area contributed by atoms with Gasteiger partial charge in [0.15, 0.2) is 11.5 Å². The minimum atomic E-state index is -0.380. The molecule has 1 saturated carbocycles. The molecular formula is C18H20N4O3. The maximum Gasteiger partial charge on any atom is 0.248 e. The van der Waals surface area contributed by atoms with Gasteiger partial charge in [-0.2, -0.15) is 10.1 Å². The molecule has 2 aromatic rings. The fourth-order valence-corrected chi connectivity index (χ4v) is 3.91. The molecule has 1 aromatic heterocycles. The molecule has 1 N–H and O–H groups in total. The smallest absolute Gasteiger partial charge is 0.248 e. The molecule has 2 atom stereocenters. The lowest BCUT2D eigenvalue weighted by Crippen LogP contribution is -2.44. The van der Waals surface area contributed by atoms with Gasteiger partial charge < -0.3 is 9.84 Å². The molecule has 4 rings (SSSR count). The van der Waals surface area contributed by atoms with E-state index in [2.05, 4.69) is 28.9 Å². The summed E-state index contributed by atoms with van der Waals surface area (Å²) >= 11 is 0. The predicted octanol–water partition coefficient (Wildman–Crippen LogP) is 2.67. The van der Waals surface area contributed by atoms with Crippen molar-refractivity contribution in [1.82, 2.24) is 14.8 Å². The topological polar surface area (TPSA) is 89.6 Å². The molecule has 2 aliphatic rings. The Morgan fingerprint density at radius 1 is 1.32 bits per heavy atom. The van der Waals surface area contributed by atoms with Crippen LogP contribution in [-0.4, -0.2) is 38.5 Å². The first-order chi connectivity index (χ1) is 11.9. The third-order valence-electron chi connectivity index (χ3n) is 4.94. The van der Waals surface area contributed by atoms with Crippen LogP contribution in [0.3, 0.4) is 0 Å². The number of rotatable bonds is 2. The summed E-state index contributed by atoms with van der Waals surface area (Å²) in [6.45, 7) is 4.16. The van der Waals surface area contributed by atoms with Crippen molar-refractivity contribution in [3.63, 3.8) is 0 Å². The quantitative estimate of drug-likeness (QED) is 0.908. The molecule has 0 spiro atoms. The standard InChI is InChI=1S/C18H20N4O3/c1-18(2)7-11-15(13(24)8-18)16(22-17(21-11)19-9-20-22)10-4-5-14(25-3)12(23)6-10/h4-6,9,15-16,23H,7-8H2,1-3H3. The highest BCUT2D eigenvalue weighted by Gasteiger charge is 2.46. The average Bonchev–Trinajstić information content (AvgIpc) is 2.99. The highest BCUT2D eigenvalue weighted by atomic mass is 16.5. The lowest BCUT2D eigenvalue weighted by atomic mass is 9.67. The molecule has 1 aliphatic carbocycles.